The van der Waals surface area contributed by atoms with Crippen LogP contribution in [0.15, 0.2) is 30.6 Å². The van der Waals surface area contributed by atoms with Crippen molar-refractivity contribution in [2.24, 2.45) is 0 Å². The average Bonchev–Trinajstić information content (AvgIpc) is 2.27. The Labute approximate surface area is 85.0 Å². The highest BCUT2D eigenvalue weighted by molar-refractivity contribution is 5.83. The molecule has 1 aromatic carbocycles. The summed E-state index contributed by atoms with van der Waals surface area (Å²) in [5, 5.41) is 26.9. The first-order chi connectivity index (χ1) is 7.18. The van der Waals surface area contributed by atoms with E-state index in [0.717, 1.165) is 10.8 Å². The van der Waals surface area contributed by atoms with Crippen LogP contribution in [0.3, 0.4) is 0 Å². The van der Waals surface area contributed by atoms with E-state index in [1.165, 1.54) is 6.20 Å². The minimum absolute atomic E-state index is 0.336. The van der Waals surface area contributed by atoms with Gasteiger partial charge in [0, 0.05) is 10.8 Å². The van der Waals surface area contributed by atoms with Crippen molar-refractivity contribution >= 4 is 16.7 Å². The molecule has 0 aliphatic carbocycles. The zero-order valence-electron chi connectivity index (χ0n) is 7.66. The van der Waals surface area contributed by atoms with Crippen molar-refractivity contribution in [3.8, 4) is 0 Å². The predicted molar refractivity (Wildman–Crippen MR) is 52.1 cm³/mol. The number of rotatable bonds is 2. The third-order valence-corrected chi connectivity index (χ3v) is 2.12. The van der Waals surface area contributed by atoms with Gasteiger partial charge in [0.05, 0.1) is 12.4 Å². The molecule has 5 nitrogen and oxygen atoms in total. The molecule has 1 atom stereocenters. The molecule has 5 heteroatoms. The fourth-order valence-corrected chi connectivity index (χ4v) is 1.33. The quantitative estimate of drug-likeness (QED) is 0.754. The van der Waals surface area contributed by atoms with Gasteiger partial charge in [0.25, 0.3) is 0 Å². The van der Waals surface area contributed by atoms with E-state index in [4.69, 9.17) is 5.11 Å². The van der Waals surface area contributed by atoms with Crippen LogP contribution < -0.4 is 0 Å². The second-order valence-corrected chi connectivity index (χ2v) is 3.12. The van der Waals surface area contributed by atoms with Crippen molar-refractivity contribution in [3.05, 3.63) is 36.2 Å². The summed E-state index contributed by atoms with van der Waals surface area (Å²) >= 11 is 0. The Balaban J connectivity index is 2.51. The first-order valence-corrected chi connectivity index (χ1v) is 4.30. The van der Waals surface area contributed by atoms with Crippen molar-refractivity contribution in [1.29, 1.82) is 0 Å². The fourth-order valence-electron chi connectivity index (χ4n) is 1.33. The van der Waals surface area contributed by atoms with Crippen LogP contribution in [-0.2, 0) is 4.79 Å². The Morgan fingerprint density at radius 2 is 1.87 bits per heavy atom. The highest BCUT2D eigenvalue weighted by Gasteiger charge is 2.15. The van der Waals surface area contributed by atoms with E-state index in [1.54, 1.807) is 24.4 Å². The lowest BCUT2D eigenvalue weighted by molar-refractivity contribution is -0.146. The maximum absolute atomic E-state index is 10.6. The van der Waals surface area contributed by atoms with Gasteiger partial charge in [0.15, 0.2) is 6.10 Å². The molecule has 1 heterocycles. The monoisotopic (exact) mass is 204 g/mol. The van der Waals surface area contributed by atoms with Gasteiger partial charge in [-0.25, -0.2) is 4.79 Å². The number of aliphatic carboxylic acids is 1. The van der Waals surface area contributed by atoms with Crippen LogP contribution in [0.25, 0.3) is 10.8 Å². The molecule has 15 heavy (non-hydrogen) atoms. The molecule has 0 saturated heterocycles. The number of fused-ring (bicyclic) bond motifs is 1. The van der Waals surface area contributed by atoms with E-state index < -0.39 is 12.1 Å². The number of aliphatic hydroxyl groups is 1. The summed E-state index contributed by atoms with van der Waals surface area (Å²) in [5.74, 6) is -1.27. The van der Waals surface area contributed by atoms with E-state index in [0.29, 0.717) is 5.56 Å². The fraction of sp³-hybridized carbons (Fsp3) is 0.100. The van der Waals surface area contributed by atoms with Crippen molar-refractivity contribution in [2.75, 3.05) is 0 Å². The van der Waals surface area contributed by atoms with Gasteiger partial charge in [-0.3, -0.25) is 0 Å². The Morgan fingerprint density at radius 1 is 1.20 bits per heavy atom. The second kappa shape index (κ2) is 3.62. The molecule has 0 saturated carbocycles. The lowest BCUT2D eigenvalue weighted by Gasteiger charge is -2.06. The minimum Gasteiger partial charge on any atom is -0.479 e. The molecule has 2 rings (SSSR count). The SMILES string of the molecule is O=C(O)C(O)c1ccc2cnncc2c1. The highest BCUT2D eigenvalue weighted by Crippen LogP contribution is 2.19. The number of aliphatic hydroxyl groups excluding tert-OH is 1. The summed E-state index contributed by atoms with van der Waals surface area (Å²) < 4.78 is 0. The van der Waals surface area contributed by atoms with Crippen LogP contribution in [0.4, 0.5) is 0 Å². The molecule has 2 aromatic rings. The van der Waals surface area contributed by atoms with E-state index in [2.05, 4.69) is 10.2 Å². The van der Waals surface area contributed by atoms with Gasteiger partial charge in [-0.15, -0.1) is 0 Å². The molecule has 0 aliphatic rings. The minimum atomic E-state index is -1.50. The first-order valence-electron chi connectivity index (χ1n) is 4.30. The predicted octanol–water partition coefficient (Wildman–Crippen LogP) is 0.748. The zero-order valence-corrected chi connectivity index (χ0v) is 7.66. The molecule has 2 N–H and O–H groups in total. The van der Waals surface area contributed by atoms with Crippen molar-refractivity contribution in [1.82, 2.24) is 10.2 Å². The number of carboxylic acid groups (broad SMARTS) is 1. The van der Waals surface area contributed by atoms with Gasteiger partial charge >= 0.3 is 5.97 Å². The highest BCUT2D eigenvalue weighted by atomic mass is 16.4. The van der Waals surface area contributed by atoms with Gasteiger partial charge in [-0.2, -0.15) is 10.2 Å². The van der Waals surface area contributed by atoms with Crippen LogP contribution in [0, 0.1) is 0 Å². The Kier molecular flexibility index (Phi) is 2.31. The molecule has 0 spiro atoms. The van der Waals surface area contributed by atoms with Gasteiger partial charge in [-0.1, -0.05) is 12.1 Å². The van der Waals surface area contributed by atoms with Gasteiger partial charge < -0.3 is 10.2 Å². The van der Waals surface area contributed by atoms with Gasteiger partial charge in [0.1, 0.15) is 0 Å². The molecule has 1 unspecified atom stereocenters. The summed E-state index contributed by atoms with van der Waals surface area (Å²) in [5.41, 5.74) is 0.336. The van der Waals surface area contributed by atoms with Crippen molar-refractivity contribution in [3.63, 3.8) is 0 Å². The molecule has 0 bridgehead atoms. The number of carboxylic acids is 1. The number of hydrogen-bond donors (Lipinski definition) is 2. The largest absolute Gasteiger partial charge is 0.479 e. The number of nitrogens with zero attached hydrogens (tertiary/aromatic N) is 2. The van der Waals surface area contributed by atoms with Crippen LogP contribution in [-0.4, -0.2) is 26.4 Å². The molecular formula is C10H8N2O3. The summed E-state index contributed by atoms with van der Waals surface area (Å²) in [6.07, 6.45) is 1.60. The Morgan fingerprint density at radius 3 is 2.53 bits per heavy atom. The molecule has 1 aromatic heterocycles. The third kappa shape index (κ3) is 1.77. The van der Waals surface area contributed by atoms with Crippen LogP contribution in [0.1, 0.15) is 11.7 Å². The molecule has 0 aliphatic heterocycles. The normalized spacial score (nSPS) is 12.6. The summed E-state index contributed by atoms with van der Waals surface area (Å²) in [4.78, 5) is 10.6. The van der Waals surface area contributed by atoms with E-state index in [1.807, 2.05) is 0 Å². The maximum atomic E-state index is 10.6. The second-order valence-electron chi connectivity index (χ2n) is 3.12. The van der Waals surface area contributed by atoms with Crippen LogP contribution in [0.5, 0.6) is 0 Å². The van der Waals surface area contributed by atoms with E-state index >= 15 is 0 Å². The lowest BCUT2D eigenvalue weighted by Crippen LogP contribution is -2.10. The summed E-state index contributed by atoms with van der Waals surface area (Å²) in [6, 6.07) is 4.84. The summed E-state index contributed by atoms with van der Waals surface area (Å²) in [6.45, 7) is 0. The smallest absolute Gasteiger partial charge is 0.337 e. The topological polar surface area (TPSA) is 83.3 Å². The van der Waals surface area contributed by atoms with Gasteiger partial charge in [-0.05, 0) is 11.6 Å². The van der Waals surface area contributed by atoms with Gasteiger partial charge in [0.2, 0.25) is 0 Å². The number of carbonyl (C=O) groups is 1. The van der Waals surface area contributed by atoms with E-state index in [9.17, 15) is 9.90 Å². The molecule has 0 radical (unpaired) electrons. The van der Waals surface area contributed by atoms with Crippen LogP contribution in [0.2, 0.25) is 0 Å². The average molecular weight is 204 g/mol. The molecule has 0 amide bonds. The maximum Gasteiger partial charge on any atom is 0.337 e. The summed E-state index contributed by atoms with van der Waals surface area (Å²) in [7, 11) is 0. The Bertz CT molecular complexity index is 513. The first kappa shape index (κ1) is 9.54. The van der Waals surface area contributed by atoms with E-state index in [-0.39, 0.29) is 0 Å². The molecule has 0 fully saturated rings. The third-order valence-electron chi connectivity index (χ3n) is 2.12. The van der Waals surface area contributed by atoms with Crippen LogP contribution >= 0.6 is 0 Å². The molecule has 76 valence electrons. The number of hydrogen-bond acceptors (Lipinski definition) is 4. The zero-order chi connectivity index (χ0) is 10.8. The molecular weight excluding hydrogens is 196 g/mol. The Hall–Kier alpha value is -2.01. The lowest BCUT2D eigenvalue weighted by atomic mass is 10.1. The standard InChI is InChI=1S/C10H8N2O3/c13-9(10(14)15)6-1-2-7-4-11-12-5-8(7)3-6/h1-5,9,13H,(H,14,15). The van der Waals surface area contributed by atoms with Crippen molar-refractivity contribution in [2.45, 2.75) is 6.10 Å². The van der Waals surface area contributed by atoms with Crippen molar-refractivity contribution < 1.29 is 15.0 Å². The number of benzene rings is 1. The number of aromatic nitrogens is 2.